The monoisotopic (exact) mass is 275 g/mol. The summed E-state index contributed by atoms with van der Waals surface area (Å²) < 4.78 is 37.5. The van der Waals surface area contributed by atoms with Gasteiger partial charge in [-0.1, -0.05) is 0 Å². The van der Waals surface area contributed by atoms with Gasteiger partial charge in [0.25, 0.3) is 0 Å². The van der Waals surface area contributed by atoms with E-state index in [1.165, 1.54) is 6.07 Å². The molecule has 1 atom stereocenters. The second-order valence-electron chi connectivity index (χ2n) is 4.76. The van der Waals surface area contributed by atoms with Gasteiger partial charge in [0, 0.05) is 12.7 Å². The SMILES string of the molecule is Cc1oc(CO)cc1S(=O)(=O)NC1(C)CCOC1. The predicted octanol–water partition coefficient (Wildman–Crippen LogP) is 0.538. The Labute approximate surface area is 106 Å². The zero-order valence-corrected chi connectivity index (χ0v) is 11.2. The quantitative estimate of drug-likeness (QED) is 0.837. The Morgan fingerprint density at radius 3 is 2.78 bits per heavy atom. The van der Waals surface area contributed by atoms with Crippen molar-refractivity contribution in [2.75, 3.05) is 13.2 Å². The molecular formula is C11H17NO5S. The van der Waals surface area contributed by atoms with Crippen molar-refractivity contribution >= 4 is 10.0 Å². The number of ether oxygens (including phenoxy) is 1. The summed E-state index contributed by atoms with van der Waals surface area (Å²) in [5.74, 6) is 0.509. The fraction of sp³-hybridized carbons (Fsp3) is 0.636. The maximum absolute atomic E-state index is 12.2. The Hall–Kier alpha value is -0.890. The van der Waals surface area contributed by atoms with Crippen molar-refractivity contribution in [3.63, 3.8) is 0 Å². The van der Waals surface area contributed by atoms with Crippen LogP contribution in [0.5, 0.6) is 0 Å². The molecule has 1 unspecified atom stereocenters. The van der Waals surface area contributed by atoms with E-state index < -0.39 is 15.6 Å². The van der Waals surface area contributed by atoms with E-state index in [1.807, 2.05) is 0 Å². The van der Waals surface area contributed by atoms with Crippen LogP contribution in [-0.2, 0) is 21.4 Å². The molecule has 0 bridgehead atoms. The van der Waals surface area contributed by atoms with E-state index >= 15 is 0 Å². The van der Waals surface area contributed by atoms with Crippen LogP contribution in [0.25, 0.3) is 0 Å². The predicted molar refractivity (Wildman–Crippen MR) is 63.5 cm³/mol. The molecule has 1 saturated heterocycles. The van der Waals surface area contributed by atoms with Crippen LogP contribution in [0, 0.1) is 6.92 Å². The smallest absolute Gasteiger partial charge is 0.244 e. The highest BCUT2D eigenvalue weighted by molar-refractivity contribution is 7.89. The molecule has 2 rings (SSSR count). The van der Waals surface area contributed by atoms with Gasteiger partial charge in [-0.25, -0.2) is 13.1 Å². The van der Waals surface area contributed by atoms with Crippen molar-refractivity contribution in [1.29, 1.82) is 0 Å². The fourth-order valence-electron chi connectivity index (χ4n) is 2.00. The van der Waals surface area contributed by atoms with Gasteiger partial charge in [0.05, 0.1) is 12.1 Å². The zero-order chi connectivity index (χ0) is 13.4. The summed E-state index contributed by atoms with van der Waals surface area (Å²) in [6, 6.07) is 1.34. The van der Waals surface area contributed by atoms with Crippen LogP contribution in [0.15, 0.2) is 15.4 Å². The van der Waals surface area contributed by atoms with Crippen molar-refractivity contribution < 1.29 is 22.7 Å². The van der Waals surface area contributed by atoms with E-state index in [1.54, 1.807) is 13.8 Å². The molecule has 0 amide bonds. The molecule has 7 heteroatoms. The molecule has 0 aromatic carbocycles. The minimum absolute atomic E-state index is 0.0691. The van der Waals surface area contributed by atoms with E-state index in [-0.39, 0.29) is 23.0 Å². The summed E-state index contributed by atoms with van der Waals surface area (Å²) in [4.78, 5) is 0.0691. The molecule has 1 aliphatic rings. The molecule has 6 nitrogen and oxygen atoms in total. The molecule has 0 saturated carbocycles. The van der Waals surface area contributed by atoms with Gasteiger partial charge in [-0.2, -0.15) is 0 Å². The van der Waals surface area contributed by atoms with Gasteiger partial charge in [0.15, 0.2) is 0 Å². The number of aliphatic hydroxyl groups is 1. The second-order valence-corrected chi connectivity index (χ2v) is 6.41. The summed E-state index contributed by atoms with van der Waals surface area (Å²) in [6.45, 7) is 3.94. The second kappa shape index (κ2) is 4.65. The molecule has 1 aromatic rings. The Morgan fingerprint density at radius 2 is 2.28 bits per heavy atom. The topological polar surface area (TPSA) is 88.8 Å². The lowest BCUT2D eigenvalue weighted by atomic mass is 10.0. The van der Waals surface area contributed by atoms with Crippen LogP contribution >= 0.6 is 0 Å². The number of furan rings is 1. The Morgan fingerprint density at radius 1 is 1.56 bits per heavy atom. The number of sulfonamides is 1. The van der Waals surface area contributed by atoms with Gasteiger partial charge in [0.1, 0.15) is 23.0 Å². The van der Waals surface area contributed by atoms with Crippen molar-refractivity contribution in [2.45, 2.75) is 37.3 Å². The molecule has 1 fully saturated rings. The number of hydrogen-bond acceptors (Lipinski definition) is 5. The average Bonchev–Trinajstić information content (AvgIpc) is 2.84. The van der Waals surface area contributed by atoms with Crippen LogP contribution in [0.2, 0.25) is 0 Å². The summed E-state index contributed by atoms with van der Waals surface area (Å²) in [5.41, 5.74) is -0.581. The molecule has 0 aliphatic carbocycles. The van der Waals surface area contributed by atoms with Crippen molar-refractivity contribution in [1.82, 2.24) is 4.72 Å². The van der Waals surface area contributed by atoms with Gasteiger partial charge in [-0.15, -0.1) is 0 Å². The van der Waals surface area contributed by atoms with Crippen LogP contribution in [-0.4, -0.2) is 32.3 Å². The van der Waals surface area contributed by atoms with Crippen LogP contribution < -0.4 is 4.72 Å². The highest BCUT2D eigenvalue weighted by Gasteiger charge is 2.35. The summed E-state index contributed by atoms with van der Waals surface area (Å²) in [7, 11) is -3.66. The standard InChI is InChI=1S/C11H17NO5S/c1-8-10(5-9(6-13)17-8)18(14,15)12-11(2)3-4-16-7-11/h5,12-13H,3-4,6-7H2,1-2H3. The largest absolute Gasteiger partial charge is 0.462 e. The maximum Gasteiger partial charge on any atom is 0.244 e. The lowest BCUT2D eigenvalue weighted by molar-refractivity contribution is 0.178. The fourth-order valence-corrected chi connectivity index (χ4v) is 3.62. The Bertz CT molecular complexity index is 528. The molecule has 1 aliphatic heterocycles. The highest BCUT2D eigenvalue weighted by Crippen LogP contribution is 2.24. The zero-order valence-electron chi connectivity index (χ0n) is 10.4. The third kappa shape index (κ3) is 2.59. The lowest BCUT2D eigenvalue weighted by Gasteiger charge is -2.22. The normalized spacial score (nSPS) is 24.6. The van der Waals surface area contributed by atoms with Gasteiger partial charge in [-0.05, 0) is 20.3 Å². The summed E-state index contributed by atoms with van der Waals surface area (Å²) in [5, 5.41) is 8.95. The maximum atomic E-state index is 12.2. The van der Waals surface area contributed by atoms with E-state index in [2.05, 4.69) is 4.72 Å². The highest BCUT2D eigenvalue weighted by atomic mass is 32.2. The average molecular weight is 275 g/mol. The third-order valence-corrected chi connectivity index (χ3v) is 4.71. The Balaban J connectivity index is 2.27. The summed E-state index contributed by atoms with van der Waals surface area (Å²) >= 11 is 0. The minimum Gasteiger partial charge on any atom is -0.462 e. The van der Waals surface area contributed by atoms with Crippen molar-refractivity contribution in [2.24, 2.45) is 0 Å². The number of rotatable bonds is 4. The number of nitrogens with one attached hydrogen (secondary N) is 1. The Kier molecular flexibility index (Phi) is 3.50. The molecule has 1 aromatic heterocycles. The number of aliphatic hydroxyl groups excluding tert-OH is 1. The summed E-state index contributed by atoms with van der Waals surface area (Å²) in [6.07, 6.45) is 0.635. The van der Waals surface area contributed by atoms with Gasteiger partial charge in [0.2, 0.25) is 10.0 Å². The first-order valence-electron chi connectivity index (χ1n) is 5.68. The number of hydrogen-bond donors (Lipinski definition) is 2. The van der Waals surface area contributed by atoms with E-state index in [4.69, 9.17) is 14.3 Å². The molecule has 2 N–H and O–H groups in total. The van der Waals surface area contributed by atoms with Gasteiger partial charge in [-0.3, -0.25) is 0 Å². The van der Waals surface area contributed by atoms with E-state index in [9.17, 15) is 8.42 Å². The molecule has 18 heavy (non-hydrogen) atoms. The van der Waals surface area contributed by atoms with Gasteiger partial charge >= 0.3 is 0 Å². The minimum atomic E-state index is -3.66. The molecular weight excluding hydrogens is 258 g/mol. The van der Waals surface area contributed by atoms with Crippen LogP contribution in [0.3, 0.4) is 0 Å². The van der Waals surface area contributed by atoms with Crippen molar-refractivity contribution in [3.05, 3.63) is 17.6 Å². The molecule has 0 spiro atoms. The third-order valence-electron chi connectivity index (χ3n) is 2.97. The first-order valence-corrected chi connectivity index (χ1v) is 7.16. The van der Waals surface area contributed by atoms with E-state index in [0.29, 0.717) is 19.6 Å². The van der Waals surface area contributed by atoms with Crippen molar-refractivity contribution in [3.8, 4) is 0 Å². The molecule has 102 valence electrons. The van der Waals surface area contributed by atoms with Crippen LogP contribution in [0.1, 0.15) is 24.9 Å². The van der Waals surface area contributed by atoms with Gasteiger partial charge < -0.3 is 14.3 Å². The first kappa shape index (κ1) is 13.5. The van der Waals surface area contributed by atoms with E-state index in [0.717, 1.165) is 0 Å². The first-order chi connectivity index (χ1) is 8.36. The van der Waals surface area contributed by atoms with Crippen LogP contribution in [0.4, 0.5) is 0 Å². The lowest BCUT2D eigenvalue weighted by Crippen LogP contribution is -2.46. The molecule has 0 radical (unpaired) electrons. The molecule has 2 heterocycles. The number of aryl methyl sites for hydroxylation is 1.